The Morgan fingerprint density at radius 3 is 2.48 bits per heavy atom. The Morgan fingerprint density at radius 1 is 1.16 bits per heavy atom. The number of piperidine rings is 1. The highest BCUT2D eigenvalue weighted by atomic mass is 35.5. The van der Waals surface area contributed by atoms with E-state index in [0.29, 0.717) is 11.1 Å². The summed E-state index contributed by atoms with van der Waals surface area (Å²) in [4.78, 5) is 4.44. The molecule has 1 N–H and O–H groups in total. The molecule has 0 aliphatic carbocycles. The summed E-state index contributed by atoms with van der Waals surface area (Å²) in [6, 6.07) is 6.62. The molecular formula is C24H32ClN5S. The van der Waals surface area contributed by atoms with Gasteiger partial charge in [0.2, 0.25) is 5.13 Å². The van der Waals surface area contributed by atoms with E-state index in [4.69, 9.17) is 11.6 Å². The van der Waals surface area contributed by atoms with Crippen molar-refractivity contribution in [2.24, 2.45) is 0 Å². The Balaban J connectivity index is 1.54. The molecule has 1 fully saturated rings. The molecule has 0 amide bonds. The maximum atomic E-state index is 6.68. The van der Waals surface area contributed by atoms with Gasteiger partial charge in [-0.3, -0.25) is 0 Å². The number of rotatable bonds is 4. The second kappa shape index (κ2) is 8.23. The van der Waals surface area contributed by atoms with Gasteiger partial charge in [0, 0.05) is 43.3 Å². The lowest BCUT2D eigenvalue weighted by molar-refractivity contribution is 0.161. The summed E-state index contributed by atoms with van der Waals surface area (Å²) in [5, 5.41) is 15.3. The van der Waals surface area contributed by atoms with Crippen LogP contribution >= 0.6 is 22.9 Å². The van der Waals surface area contributed by atoms with Crippen molar-refractivity contribution in [2.45, 2.75) is 57.7 Å². The van der Waals surface area contributed by atoms with Crippen LogP contribution in [-0.2, 0) is 0 Å². The summed E-state index contributed by atoms with van der Waals surface area (Å²) in [5.74, 6) is 0. The van der Waals surface area contributed by atoms with Crippen molar-refractivity contribution in [1.29, 1.82) is 0 Å². The first-order valence-electron chi connectivity index (χ1n) is 10.8. The van der Waals surface area contributed by atoms with Crippen LogP contribution in [0.2, 0.25) is 5.02 Å². The molecule has 1 aromatic carbocycles. The number of likely N-dealkylation sites (N-methyl/N-ethyl adjacent to an activating group) is 1. The standard InChI is InChI=1S/C24H32ClN5S/c1-23(2)14-18(15-24(3,4)28-23)30(6)22-27-26-21(31-22)19-8-7-17(13-20(19)25)16-9-11-29(5)12-10-16/h7-11,13,18,28H,12,14-15H2,1-6H3. The van der Waals surface area contributed by atoms with Crippen LogP contribution in [0.1, 0.15) is 46.1 Å². The fourth-order valence-corrected chi connectivity index (χ4v) is 6.07. The van der Waals surface area contributed by atoms with E-state index in [0.717, 1.165) is 40.7 Å². The van der Waals surface area contributed by atoms with Crippen LogP contribution in [0.3, 0.4) is 0 Å². The SMILES string of the molecule is CN1C=CC(c2ccc(-c3nnc(N(C)C4CC(C)(C)NC(C)(C)C4)s3)c(Cl)c2)=CC1. The summed E-state index contributed by atoms with van der Waals surface area (Å²) >= 11 is 8.29. The zero-order chi connectivity index (χ0) is 22.4. The molecule has 5 nitrogen and oxygen atoms in total. The molecule has 31 heavy (non-hydrogen) atoms. The van der Waals surface area contributed by atoms with E-state index in [1.165, 1.54) is 5.57 Å². The van der Waals surface area contributed by atoms with Crippen LogP contribution in [-0.4, -0.2) is 52.9 Å². The lowest BCUT2D eigenvalue weighted by Crippen LogP contribution is -2.61. The van der Waals surface area contributed by atoms with Crippen LogP contribution in [0.5, 0.6) is 0 Å². The first-order chi connectivity index (χ1) is 14.5. The molecule has 1 aromatic heterocycles. The number of hydrogen-bond donors (Lipinski definition) is 1. The van der Waals surface area contributed by atoms with Gasteiger partial charge in [0.1, 0.15) is 0 Å². The van der Waals surface area contributed by atoms with Crippen molar-refractivity contribution < 1.29 is 0 Å². The molecule has 0 spiro atoms. The fourth-order valence-electron chi connectivity index (χ4n) is 4.83. The average Bonchev–Trinajstić information content (AvgIpc) is 3.15. The molecule has 3 heterocycles. The van der Waals surface area contributed by atoms with E-state index >= 15 is 0 Å². The highest BCUT2D eigenvalue weighted by Gasteiger charge is 2.39. The van der Waals surface area contributed by atoms with Gasteiger partial charge < -0.3 is 15.1 Å². The van der Waals surface area contributed by atoms with Crippen LogP contribution in [0.15, 0.2) is 36.6 Å². The number of nitrogens with zero attached hydrogens (tertiary/aromatic N) is 4. The first-order valence-corrected chi connectivity index (χ1v) is 12.0. The number of hydrogen-bond acceptors (Lipinski definition) is 6. The summed E-state index contributed by atoms with van der Waals surface area (Å²) in [6.07, 6.45) is 8.55. The van der Waals surface area contributed by atoms with Crippen LogP contribution in [0, 0.1) is 0 Å². The number of allylic oxidation sites excluding steroid dienone is 2. The molecule has 0 saturated carbocycles. The van der Waals surface area contributed by atoms with Crippen LogP contribution in [0.4, 0.5) is 5.13 Å². The van der Waals surface area contributed by atoms with Gasteiger partial charge in [-0.1, -0.05) is 35.1 Å². The van der Waals surface area contributed by atoms with Gasteiger partial charge >= 0.3 is 0 Å². The molecule has 7 heteroatoms. The van der Waals surface area contributed by atoms with Crippen LogP contribution < -0.4 is 10.2 Å². The summed E-state index contributed by atoms with van der Waals surface area (Å²) in [7, 11) is 4.20. The second-order valence-corrected chi connectivity index (χ2v) is 11.4. The molecule has 4 rings (SSSR count). The number of benzene rings is 1. The smallest absolute Gasteiger partial charge is 0.208 e. The zero-order valence-corrected chi connectivity index (χ0v) is 20.8. The van der Waals surface area contributed by atoms with E-state index in [1.807, 2.05) is 6.07 Å². The van der Waals surface area contributed by atoms with E-state index in [-0.39, 0.29) is 11.1 Å². The summed E-state index contributed by atoms with van der Waals surface area (Å²) in [5.41, 5.74) is 3.43. The molecule has 1 saturated heterocycles. The van der Waals surface area contributed by atoms with Gasteiger partial charge in [0.05, 0.1) is 5.02 Å². The number of nitrogens with one attached hydrogen (secondary N) is 1. The number of aromatic nitrogens is 2. The van der Waals surface area contributed by atoms with Crippen molar-refractivity contribution in [3.63, 3.8) is 0 Å². The minimum Gasteiger partial charge on any atom is -0.377 e. The molecule has 0 unspecified atom stereocenters. The van der Waals surface area contributed by atoms with Crippen LogP contribution in [0.25, 0.3) is 16.1 Å². The zero-order valence-electron chi connectivity index (χ0n) is 19.2. The third-order valence-electron chi connectivity index (χ3n) is 6.07. The van der Waals surface area contributed by atoms with Crippen molar-refractivity contribution in [3.05, 3.63) is 47.1 Å². The molecule has 0 radical (unpaired) electrons. The first kappa shape index (κ1) is 22.3. The Hall–Kier alpha value is -1.89. The maximum absolute atomic E-state index is 6.68. The van der Waals surface area contributed by atoms with E-state index in [2.05, 4.69) is 97.6 Å². The molecular weight excluding hydrogens is 426 g/mol. The Labute approximate surface area is 194 Å². The molecule has 166 valence electrons. The summed E-state index contributed by atoms with van der Waals surface area (Å²) < 4.78 is 0. The molecule has 2 aromatic rings. The van der Waals surface area contributed by atoms with Gasteiger partial charge in [0.25, 0.3) is 0 Å². The number of anilines is 1. The molecule has 2 aliphatic heterocycles. The second-order valence-electron chi connectivity index (χ2n) is 10.1. The van der Waals surface area contributed by atoms with Crippen molar-refractivity contribution in [2.75, 3.05) is 25.5 Å². The lowest BCUT2D eigenvalue weighted by atomic mass is 9.79. The number of halogens is 1. The topological polar surface area (TPSA) is 44.3 Å². The Bertz CT molecular complexity index is 1010. The lowest BCUT2D eigenvalue weighted by Gasteiger charge is -2.48. The highest BCUT2D eigenvalue weighted by Crippen LogP contribution is 2.38. The fraction of sp³-hybridized carbons (Fsp3) is 0.500. The average molecular weight is 458 g/mol. The van der Waals surface area contributed by atoms with Crippen molar-refractivity contribution in [3.8, 4) is 10.6 Å². The highest BCUT2D eigenvalue weighted by molar-refractivity contribution is 7.18. The van der Waals surface area contributed by atoms with Gasteiger partial charge in [-0.15, -0.1) is 10.2 Å². The maximum Gasteiger partial charge on any atom is 0.208 e. The quantitative estimate of drug-likeness (QED) is 0.661. The monoisotopic (exact) mass is 457 g/mol. The van der Waals surface area contributed by atoms with E-state index < -0.39 is 0 Å². The largest absolute Gasteiger partial charge is 0.377 e. The van der Waals surface area contributed by atoms with E-state index in [1.54, 1.807) is 11.3 Å². The molecule has 0 bridgehead atoms. The predicted octanol–water partition coefficient (Wildman–Crippen LogP) is 5.45. The minimum absolute atomic E-state index is 0.0877. The van der Waals surface area contributed by atoms with Gasteiger partial charge in [-0.05, 0) is 76.1 Å². The van der Waals surface area contributed by atoms with E-state index in [9.17, 15) is 0 Å². The third-order valence-corrected chi connectivity index (χ3v) is 7.43. The van der Waals surface area contributed by atoms with Crippen molar-refractivity contribution >= 4 is 33.6 Å². The normalized spacial score (nSPS) is 20.6. The Morgan fingerprint density at radius 2 is 1.87 bits per heavy atom. The van der Waals surface area contributed by atoms with Gasteiger partial charge in [0.15, 0.2) is 5.01 Å². The third kappa shape index (κ3) is 4.97. The molecule has 0 atom stereocenters. The van der Waals surface area contributed by atoms with Gasteiger partial charge in [-0.25, -0.2) is 0 Å². The summed E-state index contributed by atoms with van der Waals surface area (Å²) in [6.45, 7) is 10.0. The van der Waals surface area contributed by atoms with Crippen molar-refractivity contribution in [1.82, 2.24) is 20.4 Å². The predicted molar refractivity (Wildman–Crippen MR) is 133 cm³/mol. The Kier molecular flexibility index (Phi) is 5.92. The van der Waals surface area contributed by atoms with Gasteiger partial charge in [-0.2, -0.15) is 0 Å². The minimum atomic E-state index is 0.0877. The molecule has 2 aliphatic rings.